The van der Waals surface area contributed by atoms with Crippen LogP contribution in [0.5, 0.6) is 0 Å². The first-order chi connectivity index (χ1) is 20.8. The first-order valence-electron chi connectivity index (χ1n) is 16.1. The Balaban J connectivity index is 1.19. The summed E-state index contributed by atoms with van der Waals surface area (Å²) in [4.78, 5) is 23.9. The maximum absolute atomic E-state index is 12.7. The SMILES string of the molecule is CC(C)(C)c1ccc(N2[C@@H](c3ccc(NC(=O)C4CCCN4)cc3)CC[C@@H]2c2ccc3[nH]c(C4CCCN4)nc3c2)cc1. The highest BCUT2D eigenvalue weighted by molar-refractivity contribution is 5.95. The molecule has 2 unspecified atom stereocenters. The number of hydrogen-bond acceptors (Lipinski definition) is 5. The summed E-state index contributed by atoms with van der Waals surface area (Å²) in [5.41, 5.74) is 8.27. The van der Waals surface area contributed by atoms with Crippen LogP contribution in [0.2, 0.25) is 0 Å². The summed E-state index contributed by atoms with van der Waals surface area (Å²) in [5, 5.41) is 9.97. The van der Waals surface area contributed by atoms with Crippen LogP contribution in [0.3, 0.4) is 0 Å². The van der Waals surface area contributed by atoms with E-state index >= 15 is 0 Å². The number of aromatic amines is 1. The Kier molecular flexibility index (Phi) is 7.48. The molecule has 0 radical (unpaired) electrons. The zero-order valence-corrected chi connectivity index (χ0v) is 25.6. The lowest BCUT2D eigenvalue weighted by atomic mass is 9.87. The van der Waals surface area contributed by atoms with Crippen molar-refractivity contribution in [3.8, 4) is 0 Å². The predicted octanol–water partition coefficient (Wildman–Crippen LogP) is 7.06. The number of carbonyl (C=O) groups excluding carboxylic acids is 1. The van der Waals surface area contributed by atoms with Crippen molar-refractivity contribution in [1.82, 2.24) is 20.6 Å². The minimum atomic E-state index is -0.0841. The number of benzene rings is 3. The van der Waals surface area contributed by atoms with E-state index < -0.39 is 0 Å². The van der Waals surface area contributed by atoms with Crippen LogP contribution in [-0.2, 0) is 10.2 Å². The summed E-state index contributed by atoms with van der Waals surface area (Å²) >= 11 is 0. The van der Waals surface area contributed by atoms with E-state index in [0.29, 0.717) is 6.04 Å². The zero-order valence-electron chi connectivity index (χ0n) is 25.6. The van der Waals surface area contributed by atoms with E-state index in [1.54, 1.807) is 0 Å². The summed E-state index contributed by atoms with van der Waals surface area (Å²) in [7, 11) is 0. The molecule has 3 aliphatic rings. The smallest absolute Gasteiger partial charge is 0.241 e. The van der Waals surface area contributed by atoms with Crippen LogP contribution in [0.15, 0.2) is 66.7 Å². The van der Waals surface area contributed by atoms with Crippen molar-refractivity contribution in [1.29, 1.82) is 0 Å². The highest BCUT2D eigenvalue weighted by atomic mass is 16.2. The number of nitrogens with one attached hydrogen (secondary N) is 4. The molecule has 3 saturated heterocycles. The van der Waals surface area contributed by atoms with E-state index in [1.165, 1.54) is 28.8 Å². The van der Waals surface area contributed by atoms with Gasteiger partial charge in [-0.25, -0.2) is 4.98 Å². The molecule has 0 spiro atoms. The Morgan fingerprint density at radius 2 is 1.53 bits per heavy atom. The minimum absolute atomic E-state index is 0.0624. The molecule has 0 bridgehead atoms. The van der Waals surface area contributed by atoms with Gasteiger partial charge in [-0.2, -0.15) is 0 Å². The molecule has 3 aromatic carbocycles. The Hall–Kier alpha value is -3.68. The Bertz CT molecular complexity index is 1570. The Morgan fingerprint density at radius 1 is 0.837 bits per heavy atom. The third-order valence-electron chi connectivity index (χ3n) is 9.66. The number of fused-ring (bicyclic) bond motifs is 1. The van der Waals surface area contributed by atoms with Crippen LogP contribution >= 0.6 is 0 Å². The quantitative estimate of drug-likeness (QED) is 0.198. The molecule has 7 rings (SSSR count). The first-order valence-corrected chi connectivity index (χ1v) is 16.1. The number of amides is 1. The van der Waals surface area contributed by atoms with Crippen molar-refractivity contribution in [3.63, 3.8) is 0 Å². The van der Waals surface area contributed by atoms with Crippen molar-refractivity contribution < 1.29 is 4.79 Å². The van der Waals surface area contributed by atoms with Crippen molar-refractivity contribution in [3.05, 3.63) is 89.2 Å². The molecule has 0 aliphatic carbocycles. The van der Waals surface area contributed by atoms with Gasteiger partial charge in [-0.3, -0.25) is 4.79 Å². The van der Waals surface area contributed by atoms with Gasteiger partial charge in [-0.15, -0.1) is 0 Å². The average molecular weight is 577 g/mol. The fourth-order valence-electron chi connectivity index (χ4n) is 7.22. The molecule has 43 heavy (non-hydrogen) atoms. The average Bonchev–Trinajstić information content (AvgIpc) is 3.83. The van der Waals surface area contributed by atoms with Gasteiger partial charge in [0.25, 0.3) is 0 Å². The van der Waals surface area contributed by atoms with Gasteiger partial charge >= 0.3 is 0 Å². The van der Waals surface area contributed by atoms with Crippen molar-refractivity contribution in [2.75, 3.05) is 23.3 Å². The van der Waals surface area contributed by atoms with E-state index in [0.717, 1.165) is 67.7 Å². The van der Waals surface area contributed by atoms with Crippen LogP contribution in [0.25, 0.3) is 11.0 Å². The molecule has 1 aromatic heterocycles. The van der Waals surface area contributed by atoms with E-state index in [4.69, 9.17) is 4.98 Å². The standard InChI is InChI=1S/C36H44N6O/c1-36(2,3)25-11-15-27(16-12-25)42-32(23-8-13-26(14-9-23)39-35(43)30-7-5-21-38-30)18-19-33(42)24-10-17-28-31(22-24)41-34(40-28)29-6-4-20-37-29/h8-17,22,29-30,32-33,37-38H,4-7,18-21H2,1-3H3,(H,39,43)(H,40,41)/t29?,30?,32-,33-/m1/s1. The molecule has 4 atom stereocenters. The van der Waals surface area contributed by atoms with Gasteiger partial charge in [0.1, 0.15) is 5.82 Å². The molecule has 7 heteroatoms. The molecule has 224 valence electrons. The molecule has 1 amide bonds. The molecule has 4 N–H and O–H groups in total. The molecule has 3 aliphatic heterocycles. The zero-order chi connectivity index (χ0) is 29.6. The highest BCUT2D eigenvalue weighted by Gasteiger charge is 2.36. The van der Waals surface area contributed by atoms with E-state index in [1.807, 2.05) is 0 Å². The molecule has 4 heterocycles. The number of aromatic nitrogens is 2. The summed E-state index contributed by atoms with van der Waals surface area (Å²) in [6.45, 7) is 8.77. The van der Waals surface area contributed by atoms with Crippen LogP contribution in [0.1, 0.15) is 99.9 Å². The molecule has 7 nitrogen and oxygen atoms in total. The maximum Gasteiger partial charge on any atom is 0.241 e. The summed E-state index contributed by atoms with van der Waals surface area (Å²) in [6.07, 6.45) is 6.40. The number of anilines is 2. The first kappa shape index (κ1) is 28.1. The normalized spacial score (nSPS) is 24.2. The van der Waals surface area contributed by atoms with E-state index in [2.05, 4.69) is 113 Å². The lowest BCUT2D eigenvalue weighted by Crippen LogP contribution is -2.35. The third-order valence-corrected chi connectivity index (χ3v) is 9.66. The Morgan fingerprint density at radius 3 is 2.21 bits per heavy atom. The fourth-order valence-corrected chi connectivity index (χ4v) is 7.22. The fraction of sp³-hybridized carbons (Fsp3) is 0.444. The van der Waals surface area contributed by atoms with Gasteiger partial charge in [-0.1, -0.05) is 51.1 Å². The summed E-state index contributed by atoms with van der Waals surface area (Å²) in [6, 6.07) is 25.2. The molecule has 3 fully saturated rings. The maximum atomic E-state index is 12.7. The summed E-state index contributed by atoms with van der Waals surface area (Å²) < 4.78 is 0. The van der Waals surface area contributed by atoms with Crippen molar-refractivity contribution in [2.24, 2.45) is 0 Å². The monoisotopic (exact) mass is 576 g/mol. The molecule has 0 saturated carbocycles. The van der Waals surface area contributed by atoms with Gasteiger partial charge in [0.15, 0.2) is 0 Å². The molecule has 4 aromatic rings. The van der Waals surface area contributed by atoms with Gasteiger partial charge < -0.3 is 25.8 Å². The third kappa shape index (κ3) is 5.68. The highest BCUT2D eigenvalue weighted by Crippen LogP contribution is 2.47. The molecular weight excluding hydrogens is 532 g/mol. The lowest BCUT2D eigenvalue weighted by molar-refractivity contribution is -0.117. The number of rotatable bonds is 6. The van der Waals surface area contributed by atoms with Crippen LogP contribution in [0.4, 0.5) is 11.4 Å². The largest absolute Gasteiger partial charge is 0.357 e. The number of imidazole rings is 1. The van der Waals surface area contributed by atoms with Gasteiger partial charge in [0, 0.05) is 11.4 Å². The van der Waals surface area contributed by atoms with Gasteiger partial charge in [0.05, 0.1) is 35.2 Å². The minimum Gasteiger partial charge on any atom is -0.357 e. The van der Waals surface area contributed by atoms with Crippen LogP contribution in [-0.4, -0.2) is 35.0 Å². The van der Waals surface area contributed by atoms with Crippen molar-refractivity contribution >= 4 is 28.3 Å². The van der Waals surface area contributed by atoms with Crippen LogP contribution < -0.4 is 20.9 Å². The van der Waals surface area contributed by atoms with E-state index in [9.17, 15) is 4.79 Å². The predicted molar refractivity (Wildman–Crippen MR) is 175 cm³/mol. The second-order valence-corrected chi connectivity index (χ2v) is 13.6. The topological polar surface area (TPSA) is 85.1 Å². The number of hydrogen-bond donors (Lipinski definition) is 4. The molecular formula is C36H44N6O. The second kappa shape index (κ2) is 11.4. The summed E-state index contributed by atoms with van der Waals surface area (Å²) in [5.74, 6) is 1.12. The van der Waals surface area contributed by atoms with Crippen LogP contribution in [0, 0.1) is 0 Å². The van der Waals surface area contributed by atoms with E-state index in [-0.39, 0.29) is 29.4 Å². The Labute approximate surface area is 254 Å². The number of carbonyl (C=O) groups is 1. The second-order valence-electron chi connectivity index (χ2n) is 13.6. The number of nitrogens with zero attached hydrogens (tertiary/aromatic N) is 2. The lowest BCUT2D eigenvalue weighted by Gasteiger charge is -2.34. The van der Waals surface area contributed by atoms with Gasteiger partial charge in [-0.05, 0) is 110 Å². The van der Waals surface area contributed by atoms with Crippen molar-refractivity contribution in [2.45, 2.75) is 88.9 Å². The van der Waals surface area contributed by atoms with Gasteiger partial charge in [0.2, 0.25) is 5.91 Å². The number of H-pyrrole nitrogens is 1.